The number of nitrogens with zero attached hydrogens (tertiary/aromatic N) is 1. The SMILES string of the molecule is NC(=O)[C@H](Cc1ccccc1)NC(=O)[C@H](Cc1cc(-c2ccccc2Cl)no1)CP(=O)(O)[C@@H](N)CCc1ccccc1. The predicted molar refractivity (Wildman–Crippen MR) is 163 cm³/mol. The van der Waals surface area contributed by atoms with Crippen molar-refractivity contribution in [1.29, 1.82) is 0 Å². The highest BCUT2D eigenvalue weighted by atomic mass is 35.5. The van der Waals surface area contributed by atoms with Crippen LogP contribution in [0.15, 0.2) is 95.5 Å². The van der Waals surface area contributed by atoms with Crippen LogP contribution in [-0.2, 0) is 33.4 Å². The molecule has 0 aliphatic heterocycles. The normalized spacial score (nSPS) is 14.8. The van der Waals surface area contributed by atoms with Gasteiger partial charge in [0.2, 0.25) is 19.2 Å². The van der Waals surface area contributed by atoms with Gasteiger partial charge in [-0.2, -0.15) is 0 Å². The zero-order chi connectivity index (χ0) is 30.1. The van der Waals surface area contributed by atoms with Gasteiger partial charge in [0, 0.05) is 30.6 Å². The van der Waals surface area contributed by atoms with Crippen molar-refractivity contribution in [2.45, 2.75) is 37.5 Å². The van der Waals surface area contributed by atoms with E-state index in [9.17, 15) is 19.0 Å². The highest BCUT2D eigenvalue weighted by Gasteiger charge is 2.36. The van der Waals surface area contributed by atoms with Crippen molar-refractivity contribution < 1.29 is 23.6 Å². The second kappa shape index (κ2) is 14.4. The molecule has 4 aromatic rings. The highest BCUT2D eigenvalue weighted by molar-refractivity contribution is 7.58. The minimum absolute atomic E-state index is 0.0595. The molecule has 4 rings (SSSR count). The Bertz CT molecular complexity index is 1530. The van der Waals surface area contributed by atoms with E-state index in [1.165, 1.54) is 0 Å². The number of amides is 2. The molecule has 1 heterocycles. The Kier molecular flexibility index (Phi) is 10.7. The Morgan fingerprint density at radius 1 is 0.952 bits per heavy atom. The molecule has 2 amide bonds. The number of nitrogens with two attached hydrogens (primary N) is 2. The van der Waals surface area contributed by atoms with Gasteiger partial charge < -0.3 is 26.2 Å². The van der Waals surface area contributed by atoms with Crippen LogP contribution >= 0.6 is 19.0 Å². The summed E-state index contributed by atoms with van der Waals surface area (Å²) >= 11 is 6.30. The van der Waals surface area contributed by atoms with Gasteiger partial charge in [0.15, 0.2) is 0 Å². The van der Waals surface area contributed by atoms with Gasteiger partial charge in [-0.25, -0.2) is 0 Å². The quantitative estimate of drug-likeness (QED) is 0.153. The maximum Gasteiger partial charge on any atom is 0.240 e. The molecule has 0 aliphatic rings. The molecule has 0 saturated heterocycles. The van der Waals surface area contributed by atoms with E-state index < -0.39 is 43.1 Å². The molecule has 4 atom stereocenters. The first-order valence-electron chi connectivity index (χ1n) is 13.6. The molecule has 42 heavy (non-hydrogen) atoms. The molecule has 1 unspecified atom stereocenters. The van der Waals surface area contributed by atoms with Crippen LogP contribution in [0.5, 0.6) is 0 Å². The van der Waals surface area contributed by atoms with Gasteiger partial charge in [-0.1, -0.05) is 95.6 Å². The van der Waals surface area contributed by atoms with Crippen molar-refractivity contribution >= 4 is 30.8 Å². The van der Waals surface area contributed by atoms with Crippen LogP contribution in [0.1, 0.15) is 23.3 Å². The van der Waals surface area contributed by atoms with E-state index in [0.29, 0.717) is 28.5 Å². The van der Waals surface area contributed by atoms with Gasteiger partial charge in [0.25, 0.3) is 0 Å². The summed E-state index contributed by atoms with van der Waals surface area (Å²) in [6.45, 7) is 0. The molecule has 0 saturated carbocycles. The van der Waals surface area contributed by atoms with E-state index in [2.05, 4.69) is 10.5 Å². The number of halogens is 1. The first-order chi connectivity index (χ1) is 20.1. The van der Waals surface area contributed by atoms with E-state index >= 15 is 0 Å². The monoisotopic (exact) mass is 608 g/mol. The van der Waals surface area contributed by atoms with E-state index in [1.807, 2.05) is 60.7 Å². The Morgan fingerprint density at radius 2 is 1.57 bits per heavy atom. The van der Waals surface area contributed by atoms with Crippen molar-refractivity contribution in [3.63, 3.8) is 0 Å². The first-order valence-corrected chi connectivity index (χ1v) is 15.9. The maximum atomic E-state index is 13.6. The van der Waals surface area contributed by atoms with E-state index in [1.54, 1.807) is 30.3 Å². The number of benzene rings is 3. The maximum absolute atomic E-state index is 13.6. The zero-order valence-electron chi connectivity index (χ0n) is 22.9. The molecular weight excluding hydrogens is 575 g/mol. The van der Waals surface area contributed by atoms with Crippen LogP contribution in [0.2, 0.25) is 5.02 Å². The number of aryl methyl sites for hydroxylation is 1. The van der Waals surface area contributed by atoms with Crippen molar-refractivity contribution in [2.75, 3.05) is 6.16 Å². The molecule has 0 bridgehead atoms. The molecule has 220 valence electrons. The minimum Gasteiger partial charge on any atom is -0.368 e. The summed E-state index contributed by atoms with van der Waals surface area (Å²) < 4.78 is 19.0. The molecule has 9 nitrogen and oxygen atoms in total. The molecule has 0 fully saturated rings. The van der Waals surface area contributed by atoms with Crippen LogP contribution in [0.4, 0.5) is 0 Å². The smallest absolute Gasteiger partial charge is 0.240 e. The molecule has 1 aromatic heterocycles. The second-order valence-electron chi connectivity index (χ2n) is 10.2. The summed E-state index contributed by atoms with van der Waals surface area (Å²) in [6, 6.07) is 26.3. The number of aromatic nitrogens is 1. The third kappa shape index (κ3) is 8.63. The fraction of sp³-hybridized carbons (Fsp3) is 0.258. The number of hydrogen-bond acceptors (Lipinski definition) is 6. The Morgan fingerprint density at radius 3 is 2.21 bits per heavy atom. The molecule has 0 radical (unpaired) electrons. The topological polar surface area (TPSA) is 162 Å². The number of primary amides is 1. The third-order valence-electron chi connectivity index (χ3n) is 7.04. The van der Waals surface area contributed by atoms with E-state index in [4.69, 9.17) is 27.6 Å². The van der Waals surface area contributed by atoms with Gasteiger partial charge in [0.05, 0.1) is 16.7 Å². The molecule has 0 aliphatic carbocycles. The van der Waals surface area contributed by atoms with Crippen LogP contribution in [0.25, 0.3) is 11.3 Å². The van der Waals surface area contributed by atoms with Crippen molar-refractivity contribution in [1.82, 2.24) is 10.5 Å². The molecule has 6 N–H and O–H groups in total. The lowest BCUT2D eigenvalue weighted by molar-refractivity contribution is -0.129. The van der Waals surface area contributed by atoms with Gasteiger partial charge >= 0.3 is 0 Å². The lowest BCUT2D eigenvalue weighted by Gasteiger charge is -2.25. The lowest BCUT2D eigenvalue weighted by atomic mass is 10.0. The summed E-state index contributed by atoms with van der Waals surface area (Å²) in [5.74, 6) is -3.15. The van der Waals surface area contributed by atoms with Crippen molar-refractivity contribution in [3.05, 3.63) is 113 Å². The highest BCUT2D eigenvalue weighted by Crippen LogP contribution is 2.48. The predicted octanol–water partition coefficient (Wildman–Crippen LogP) is 4.55. The van der Waals surface area contributed by atoms with Crippen LogP contribution < -0.4 is 16.8 Å². The summed E-state index contributed by atoms with van der Waals surface area (Å²) in [5, 5.41) is 7.23. The number of nitrogens with one attached hydrogen (secondary N) is 1. The Balaban J connectivity index is 1.54. The Hall–Kier alpha value is -3.75. The molecule has 11 heteroatoms. The summed E-state index contributed by atoms with van der Waals surface area (Å²) in [7, 11) is -4.04. The largest absolute Gasteiger partial charge is 0.368 e. The minimum atomic E-state index is -4.04. The third-order valence-corrected chi connectivity index (χ3v) is 9.63. The summed E-state index contributed by atoms with van der Waals surface area (Å²) in [4.78, 5) is 36.9. The summed E-state index contributed by atoms with van der Waals surface area (Å²) in [5.41, 5.74) is 14.7. The van der Waals surface area contributed by atoms with Gasteiger partial charge in [-0.15, -0.1) is 0 Å². The van der Waals surface area contributed by atoms with E-state index in [-0.39, 0.29) is 19.3 Å². The second-order valence-corrected chi connectivity index (χ2v) is 13.2. The number of carbonyl (C=O) groups is 2. The average Bonchev–Trinajstić information content (AvgIpc) is 3.44. The van der Waals surface area contributed by atoms with Gasteiger partial charge in [0.1, 0.15) is 17.5 Å². The number of hydrogen-bond donors (Lipinski definition) is 4. The fourth-order valence-electron chi connectivity index (χ4n) is 4.66. The summed E-state index contributed by atoms with van der Waals surface area (Å²) in [6.07, 6.45) is 0.446. The average molecular weight is 609 g/mol. The van der Waals surface area contributed by atoms with Crippen molar-refractivity contribution in [3.8, 4) is 11.3 Å². The lowest BCUT2D eigenvalue weighted by Crippen LogP contribution is -2.49. The molecule has 0 spiro atoms. The van der Waals surface area contributed by atoms with E-state index in [0.717, 1.165) is 11.1 Å². The molecule has 3 aromatic carbocycles. The zero-order valence-corrected chi connectivity index (χ0v) is 24.6. The fourth-order valence-corrected chi connectivity index (χ4v) is 6.62. The van der Waals surface area contributed by atoms with Gasteiger partial charge in [-0.05, 0) is 30.0 Å². The standard InChI is InChI=1S/C31H34ClN4O5P/c32-26-14-8-7-13-25(26)27-19-24(41-36-27)18-23(20-42(39,40)29(33)16-15-21-9-3-1-4-10-21)31(38)35-28(30(34)37)17-22-11-5-2-6-12-22/h1-14,19,23,28-29H,15-18,20,33H2,(H2,34,37)(H,35,38)(H,39,40)/t23-,28+,29-/m1/s1. The van der Waals surface area contributed by atoms with Crippen LogP contribution in [-0.4, -0.2) is 39.9 Å². The van der Waals surface area contributed by atoms with Crippen molar-refractivity contribution in [2.24, 2.45) is 17.4 Å². The molecular formula is C31H34ClN4O5P. The van der Waals surface area contributed by atoms with Crippen LogP contribution in [0, 0.1) is 5.92 Å². The van der Waals surface area contributed by atoms with Gasteiger partial charge in [-0.3, -0.25) is 14.2 Å². The van der Waals surface area contributed by atoms with Crippen LogP contribution in [0.3, 0.4) is 0 Å². The first kappa shape index (κ1) is 31.2. The number of rotatable bonds is 14. The number of carbonyl (C=O) groups excluding carboxylic acids is 2. The Labute approximate surface area is 249 Å².